The fraction of sp³-hybridized carbons (Fsp3) is 0.267. The number of anilines is 2. The van der Waals surface area contributed by atoms with Gasteiger partial charge in [0.15, 0.2) is 0 Å². The van der Waals surface area contributed by atoms with Crippen LogP contribution in [0.5, 0.6) is 0 Å². The molecule has 2 aromatic rings. The van der Waals surface area contributed by atoms with Gasteiger partial charge in [0.05, 0.1) is 11.6 Å². The molecule has 0 saturated carbocycles. The zero-order chi connectivity index (χ0) is 14.7. The fourth-order valence-corrected chi connectivity index (χ4v) is 2.49. The zero-order valence-corrected chi connectivity index (χ0v) is 11.4. The van der Waals surface area contributed by atoms with E-state index < -0.39 is 0 Å². The molecule has 0 aliphatic carbocycles. The number of nitriles is 1. The predicted molar refractivity (Wildman–Crippen MR) is 77.6 cm³/mol. The predicted octanol–water partition coefficient (Wildman–Crippen LogP) is 1.81. The maximum atomic E-state index is 13.5. The minimum atomic E-state index is -0.373. The van der Waals surface area contributed by atoms with Crippen molar-refractivity contribution in [2.45, 2.75) is 0 Å². The SMILES string of the molecule is N#Cc1cc(F)cc(N2CCN(c3ccncn3)CC2)c1. The Bertz CT molecular complexity index is 660. The number of nitrogens with zero attached hydrogens (tertiary/aromatic N) is 5. The van der Waals surface area contributed by atoms with E-state index in [0.29, 0.717) is 5.56 Å². The molecule has 2 heterocycles. The first-order valence-electron chi connectivity index (χ1n) is 6.73. The number of rotatable bonds is 2. The van der Waals surface area contributed by atoms with Crippen LogP contribution in [0.4, 0.5) is 15.9 Å². The molecular weight excluding hydrogens is 269 g/mol. The van der Waals surface area contributed by atoms with Crippen molar-refractivity contribution >= 4 is 11.5 Å². The van der Waals surface area contributed by atoms with Gasteiger partial charge in [0.2, 0.25) is 0 Å². The summed E-state index contributed by atoms with van der Waals surface area (Å²) in [5.74, 6) is 0.531. The standard InChI is InChI=1S/C15H14FN5/c16-13-7-12(10-17)8-14(9-13)20-3-5-21(6-4-20)15-1-2-18-11-19-15/h1-2,7-9,11H,3-6H2. The highest BCUT2D eigenvalue weighted by Gasteiger charge is 2.19. The van der Waals surface area contributed by atoms with Crippen LogP contribution in [-0.2, 0) is 0 Å². The van der Waals surface area contributed by atoms with Gasteiger partial charge in [-0.15, -0.1) is 0 Å². The maximum Gasteiger partial charge on any atom is 0.132 e. The van der Waals surface area contributed by atoms with Crippen LogP contribution >= 0.6 is 0 Å². The Hall–Kier alpha value is -2.68. The zero-order valence-electron chi connectivity index (χ0n) is 11.4. The van der Waals surface area contributed by atoms with E-state index in [-0.39, 0.29) is 5.82 Å². The van der Waals surface area contributed by atoms with Crippen molar-refractivity contribution in [3.63, 3.8) is 0 Å². The van der Waals surface area contributed by atoms with Crippen LogP contribution in [0.3, 0.4) is 0 Å². The quantitative estimate of drug-likeness (QED) is 0.841. The summed E-state index contributed by atoms with van der Waals surface area (Å²) in [7, 11) is 0. The minimum Gasteiger partial charge on any atom is -0.368 e. The summed E-state index contributed by atoms with van der Waals surface area (Å²) in [6.07, 6.45) is 3.26. The first kappa shape index (κ1) is 13.3. The lowest BCUT2D eigenvalue weighted by atomic mass is 10.1. The lowest BCUT2D eigenvalue weighted by molar-refractivity contribution is 0.619. The number of piperazine rings is 1. The molecule has 0 bridgehead atoms. The first-order valence-corrected chi connectivity index (χ1v) is 6.73. The van der Waals surface area contributed by atoms with Gasteiger partial charge in [-0.25, -0.2) is 14.4 Å². The maximum absolute atomic E-state index is 13.5. The van der Waals surface area contributed by atoms with Crippen molar-refractivity contribution in [3.8, 4) is 6.07 Å². The molecule has 1 aliphatic heterocycles. The van der Waals surface area contributed by atoms with Crippen LogP contribution < -0.4 is 9.80 Å². The van der Waals surface area contributed by atoms with Crippen molar-refractivity contribution in [1.82, 2.24) is 9.97 Å². The van der Waals surface area contributed by atoms with Gasteiger partial charge in [-0.05, 0) is 24.3 Å². The van der Waals surface area contributed by atoms with Gasteiger partial charge in [0.1, 0.15) is 18.0 Å². The molecule has 1 aromatic carbocycles. The van der Waals surface area contributed by atoms with Crippen LogP contribution in [0.25, 0.3) is 0 Å². The smallest absolute Gasteiger partial charge is 0.132 e. The van der Waals surface area contributed by atoms with E-state index in [1.165, 1.54) is 18.5 Å². The molecule has 0 N–H and O–H groups in total. The molecule has 106 valence electrons. The van der Waals surface area contributed by atoms with Crippen molar-refractivity contribution in [2.75, 3.05) is 36.0 Å². The van der Waals surface area contributed by atoms with Crippen LogP contribution in [0.15, 0.2) is 36.8 Å². The van der Waals surface area contributed by atoms with Crippen molar-refractivity contribution in [3.05, 3.63) is 48.2 Å². The van der Waals surface area contributed by atoms with Crippen molar-refractivity contribution in [2.24, 2.45) is 0 Å². The van der Waals surface area contributed by atoms with Gasteiger partial charge in [0, 0.05) is 38.1 Å². The number of hydrogen-bond donors (Lipinski definition) is 0. The second-order valence-corrected chi connectivity index (χ2v) is 4.85. The first-order chi connectivity index (χ1) is 10.3. The molecule has 0 unspecified atom stereocenters. The number of benzene rings is 1. The topological polar surface area (TPSA) is 56.1 Å². The Morgan fingerprint density at radius 2 is 1.86 bits per heavy atom. The second-order valence-electron chi connectivity index (χ2n) is 4.85. The van der Waals surface area contributed by atoms with Crippen LogP contribution in [-0.4, -0.2) is 36.1 Å². The van der Waals surface area contributed by atoms with Gasteiger partial charge in [-0.2, -0.15) is 5.26 Å². The van der Waals surface area contributed by atoms with Gasteiger partial charge < -0.3 is 9.80 Å². The summed E-state index contributed by atoms with van der Waals surface area (Å²) in [6, 6.07) is 8.32. The highest BCUT2D eigenvalue weighted by atomic mass is 19.1. The lowest BCUT2D eigenvalue weighted by Gasteiger charge is -2.36. The largest absolute Gasteiger partial charge is 0.368 e. The minimum absolute atomic E-state index is 0.350. The Morgan fingerprint density at radius 3 is 2.52 bits per heavy atom. The highest BCUT2D eigenvalue weighted by Crippen LogP contribution is 2.21. The van der Waals surface area contributed by atoms with Gasteiger partial charge in [0.25, 0.3) is 0 Å². The molecule has 3 rings (SSSR count). The summed E-state index contributed by atoms with van der Waals surface area (Å²) in [6.45, 7) is 3.13. The summed E-state index contributed by atoms with van der Waals surface area (Å²) < 4.78 is 13.5. The molecule has 5 nitrogen and oxygen atoms in total. The molecule has 6 heteroatoms. The molecule has 1 aliphatic rings. The summed E-state index contributed by atoms with van der Waals surface area (Å²) >= 11 is 0. The molecule has 1 saturated heterocycles. The Kier molecular flexibility index (Phi) is 3.65. The van der Waals surface area contributed by atoms with Gasteiger partial charge in [-0.1, -0.05) is 0 Å². The highest BCUT2D eigenvalue weighted by molar-refractivity contribution is 5.53. The monoisotopic (exact) mass is 283 g/mol. The van der Waals surface area contributed by atoms with E-state index in [1.807, 2.05) is 12.1 Å². The summed E-state index contributed by atoms with van der Waals surface area (Å²) in [4.78, 5) is 12.4. The average molecular weight is 283 g/mol. The molecule has 21 heavy (non-hydrogen) atoms. The number of halogens is 1. The van der Waals surface area contributed by atoms with Crippen molar-refractivity contribution in [1.29, 1.82) is 5.26 Å². The average Bonchev–Trinajstić information content (AvgIpc) is 2.55. The Morgan fingerprint density at radius 1 is 1.10 bits per heavy atom. The lowest BCUT2D eigenvalue weighted by Crippen LogP contribution is -2.46. The Labute approximate surface area is 122 Å². The van der Waals surface area contributed by atoms with E-state index in [9.17, 15) is 4.39 Å². The van der Waals surface area contributed by atoms with E-state index in [0.717, 1.165) is 37.7 Å². The molecule has 1 fully saturated rings. The molecule has 0 radical (unpaired) electrons. The van der Waals surface area contributed by atoms with Gasteiger partial charge >= 0.3 is 0 Å². The van der Waals surface area contributed by atoms with Crippen LogP contribution in [0.1, 0.15) is 5.56 Å². The normalized spacial score (nSPS) is 14.9. The van der Waals surface area contributed by atoms with Crippen LogP contribution in [0.2, 0.25) is 0 Å². The third-order valence-corrected chi connectivity index (χ3v) is 3.55. The third-order valence-electron chi connectivity index (χ3n) is 3.55. The molecule has 1 aromatic heterocycles. The number of hydrogen-bond acceptors (Lipinski definition) is 5. The van der Waals surface area contributed by atoms with Crippen LogP contribution in [0, 0.1) is 17.1 Å². The Balaban J connectivity index is 1.71. The molecule has 0 amide bonds. The fourth-order valence-electron chi connectivity index (χ4n) is 2.49. The second kappa shape index (κ2) is 5.75. The van der Waals surface area contributed by atoms with E-state index in [1.54, 1.807) is 12.3 Å². The summed E-state index contributed by atoms with van der Waals surface area (Å²) in [5, 5.41) is 8.92. The number of aromatic nitrogens is 2. The molecule has 0 atom stereocenters. The summed E-state index contributed by atoms with van der Waals surface area (Å²) in [5.41, 5.74) is 1.11. The van der Waals surface area contributed by atoms with Gasteiger partial charge in [-0.3, -0.25) is 0 Å². The van der Waals surface area contributed by atoms with E-state index in [4.69, 9.17) is 5.26 Å². The van der Waals surface area contributed by atoms with Crippen molar-refractivity contribution < 1.29 is 4.39 Å². The van der Waals surface area contributed by atoms with E-state index >= 15 is 0 Å². The van der Waals surface area contributed by atoms with E-state index in [2.05, 4.69) is 19.8 Å². The molecular formula is C15H14FN5. The molecule has 0 spiro atoms. The third kappa shape index (κ3) is 2.92.